The summed E-state index contributed by atoms with van der Waals surface area (Å²) in [5.74, 6) is -7.09. The molecule has 0 radical (unpaired) electrons. The molecule has 0 aliphatic rings. The molecule has 0 bridgehead atoms. The number of H-pyrrole nitrogens is 2. The summed E-state index contributed by atoms with van der Waals surface area (Å²) in [6.45, 7) is -1.72. The molecule has 4 aromatic rings. The van der Waals surface area contributed by atoms with Gasteiger partial charge in [0.05, 0.1) is 19.0 Å². The summed E-state index contributed by atoms with van der Waals surface area (Å²) in [5, 5.41) is 50.8. The van der Waals surface area contributed by atoms with Crippen LogP contribution in [0, 0.1) is 0 Å². The summed E-state index contributed by atoms with van der Waals surface area (Å²) in [6, 6.07) is 5.68. The van der Waals surface area contributed by atoms with Crippen molar-refractivity contribution in [3.8, 4) is 5.75 Å². The first-order valence-electron chi connectivity index (χ1n) is 17.3. The lowest BCUT2D eigenvalue weighted by Gasteiger charge is -2.26. The number of benzene rings is 2. The van der Waals surface area contributed by atoms with E-state index < -0.39 is 91.3 Å². The van der Waals surface area contributed by atoms with Gasteiger partial charge in [0.25, 0.3) is 0 Å². The number of phenols is 1. The Morgan fingerprint density at radius 2 is 1.32 bits per heavy atom. The first kappa shape index (κ1) is 41.9. The highest BCUT2D eigenvalue weighted by Crippen LogP contribution is 2.20. The molecular formula is C36H43N9O11. The van der Waals surface area contributed by atoms with Gasteiger partial charge in [-0.05, 0) is 35.7 Å². The summed E-state index contributed by atoms with van der Waals surface area (Å²) in [7, 11) is 0. The average molecular weight is 778 g/mol. The summed E-state index contributed by atoms with van der Waals surface area (Å²) in [6.07, 6.45) is 3.33. The molecule has 5 amide bonds. The van der Waals surface area contributed by atoms with E-state index in [4.69, 9.17) is 15.9 Å². The lowest BCUT2D eigenvalue weighted by atomic mass is 10.0. The summed E-state index contributed by atoms with van der Waals surface area (Å²) >= 11 is 0. The average Bonchev–Trinajstić information content (AvgIpc) is 3.84. The van der Waals surface area contributed by atoms with Crippen LogP contribution in [0.3, 0.4) is 0 Å². The van der Waals surface area contributed by atoms with Gasteiger partial charge in [-0.1, -0.05) is 30.3 Å². The van der Waals surface area contributed by atoms with E-state index in [9.17, 15) is 43.8 Å². The maximum absolute atomic E-state index is 14.0. The molecule has 0 saturated heterocycles. The maximum atomic E-state index is 14.0. The van der Waals surface area contributed by atoms with E-state index in [1.165, 1.54) is 36.8 Å². The second-order valence-corrected chi connectivity index (χ2v) is 12.8. The third-order valence-corrected chi connectivity index (χ3v) is 8.59. The molecule has 5 atom stereocenters. The predicted octanol–water partition coefficient (Wildman–Crippen LogP) is -2.05. The molecule has 20 heteroatoms. The standard InChI is InChI=1S/C36H43N9O11/c37-24(9-10-30(48)49)32(52)42-28(13-21-15-38-18-41-21)35(55)44-27(12-20-14-39-25-4-2-1-3-23(20)25)34(54)45-29(17-46)36(56)43-26(33(53)40-16-31(50)51)11-19-5-7-22(47)8-6-19/h1-8,14-15,18,24,26-29,39,46-47H,9-13,16-17,37H2,(H,38,41)(H,40,53)(H,42,52)(H,43,56)(H,44,55)(H,45,54)(H,48,49)(H,50,51). The Labute approximate surface area is 318 Å². The number of nitrogens with zero attached hydrogens (tertiary/aromatic N) is 1. The van der Waals surface area contributed by atoms with E-state index in [1.54, 1.807) is 30.5 Å². The zero-order valence-electron chi connectivity index (χ0n) is 29.9. The molecule has 0 fully saturated rings. The number of nitrogens with one attached hydrogen (secondary N) is 7. The van der Waals surface area contributed by atoms with Crippen molar-refractivity contribution in [2.75, 3.05) is 13.2 Å². The topological polar surface area (TPSA) is 331 Å². The van der Waals surface area contributed by atoms with Crippen molar-refractivity contribution in [1.29, 1.82) is 0 Å². The number of hydrogen-bond donors (Lipinski definition) is 12. The molecule has 0 spiro atoms. The Kier molecular flexibility index (Phi) is 15.0. The minimum atomic E-state index is -1.67. The van der Waals surface area contributed by atoms with Gasteiger partial charge in [0.2, 0.25) is 29.5 Å². The number of aromatic nitrogens is 3. The highest BCUT2D eigenvalue weighted by molar-refractivity contribution is 5.97. The second kappa shape index (κ2) is 20.0. The molecule has 0 aliphatic heterocycles. The molecule has 4 rings (SSSR count). The van der Waals surface area contributed by atoms with E-state index >= 15 is 0 Å². The number of carbonyl (C=O) groups is 7. The van der Waals surface area contributed by atoms with Crippen LogP contribution >= 0.6 is 0 Å². The number of hydrogen-bond acceptors (Lipinski definition) is 11. The molecule has 2 heterocycles. The van der Waals surface area contributed by atoms with Gasteiger partial charge in [0.15, 0.2) is 0 Å². The van der Waals surface area contributed by atoms with Gasteiger partial charge >= 0.3 is 11.9 Å². The van der Waals surface area contributed by atoms with E-state index in [2.05, 4.69) is 41.5 Å². The van der Waals surface area contributed by atoms with Gasteiger partial charge in [-0.2, -0.15) is 0 Å². The summed E-state index contributed by atoms with van der Waals surface area (Å²) in [4.78, 5) is 99.2. The third-order valence-electron chi connectivity index (χ3n) is 8.59. The molecule has 5 unspecified atom stereocenters. The normalized spacial score (nSPS) is 13.7. The Hall–Kier alpha value is -6.80. The van der Waals surface area contributed by atoms with Crippen molar-refractivity contribution in [3.63, 3.8) is 0 Å². The van der Waals surface area contributed by atoms with Crippen LogP contribution in [0.2, 0.25) is 0 Å². The van der Waals surface area contributed by atoms with Crippen molar-refractivity contribution < 1.29 is 54.0 Å². The predicted molar refractivity (Wildman–Crippen MR) is 196 cm³/mol. The molecule has 13 N–H and O–H groups in total. The second-order valence-electron chi connectivity index (χ2n) is 12.8. The first-order chi connectivity index (χ1) is 26.7. The van der Waals surface area contributed by atoms with Gasteiger partial charge in [-0.15, -0.1) is 0 Å². The van der Waals surface area contributed by atoms with Gasteiger partial charge in [-0.25, -0.2) is 4.98 Å². The number of para-hydroxylation sites is 1. The number of fused-ring (bicyclic) bond motifs is 1. The number of aromatic hydroxyl groups is 1. The van der Waals surface area contributed by atoms with E-state index in [0.717, 1.165) is 5.52 Å². The number of aliphatic carboxylic acids is 2. The zero-order chi connectivity index (χ0) is 40.8. The molecule has 0 aliphatic carbocycles. The van der Waals surface area contributed by atoms with Crippen LogP contribution in [0.25, 0.3) is 10.9 Å². The van der Waals surface area contributed by atoms with Crippen LogP contribution < -0.4 is 32.3 Å². The van der Waals surface area contributed by atoms with Crippen molar-refractivity contribution in [2.24, 2.45) is 5.73 Å². The number of carboxylic acid groups (broad SMARTS) is 2. The molecule has 2 aromatic carbocycles. The van der Waals surface area contributed by atoms with Gasteiger partial charge < -0.3 is 62.7 Å². The number of aliphatic hydroxyl groups is 1. The molecule has 2 aromatic heterocycles. The first-order valence-corrected chi connectivity index (χ1v) is 17.3. The van der Waals surface area contributed by atoms with Gasteiger partial charge in [0.1, 0.15) is 36.5 Å². The number of carbonyl (C=O) groups excluding carboxylic acids is 5. The Morgan fingerprint density at radius 3 is 1.95 bits per heavy atom. The van der Waals surface area contributed by atoms with Crippen LogP contribution in [0.4, 0.5) is 0 Å². The van der Waals surface area contributed by atoms with Gasteiger partial charge in [-0.3, -0.25) is 33.6 Å². The van der Waals surface area contributed by atoms with Crippen molar-refractivity contribution >= 4 is 52.4 Å². The van der Waals surface area contributed by atoms with Gasteiger partial charge in [0, 0.05) is 54.7 Å². The SMILES string of the molecule is NC(CCC(=O)O)C(=O)NC(Cc1cnc[nH]1)C(=O)NC(Cc1c[nH]c2ccccc12)C(=O)NC(CO)C(=O)NC(Cc1ccc(O)cc1)C(=O)NCC(=O)O. The number of aromatic amines is 2. The summed E-state index contributed by atoms with van der Waals surface area (Å²) in [5.41, 5.74) is 8.10. The van der Waals surface area contributed by atoms with Crippen LogP contribution in [0.1, 0.15) is 29.7 Å². The maximum Gasteiger partial charge on any atom is 0.322 e. The van der Waals surface area contributed by atoms with Crippen LogP contribution in [0.5, 0.6) is 5.75 Å². The van der Waals surface area contributed by atoms with Crippen LogP contribution in [0.15, 0.2) is 67.3 Å². The third kappa shape index (κ3) is 12.4. The fourth-order valence-electron chi connectivity index (χ4n) is 5.62. The number of imidazole rings is 1. The Morgan fingerprint density at radius 1 is 0.714 bits per heavy atom. The minimum absolute atomic E-state index is 0.0590. The highest BCUT2D eigenvalue weighted by atomic mass is 16.4. The molecule has 298 valence electrons. The van der Waals surface area contributed by atoms with Crippen molar-refractivity contribution in [1.82, 2.24) is 41.5 Å². The zero-order valence-corrected chi connectivity index (χ0v) is 29.9. The Bertz CT molecular complexity index is 2000. The van der Waals surface area contributed by atoms with Crippen molar-refractivity contribution in [2.45, 2.75) is 62.3 Å². The number of nitrogens with two attached hydrogens (primary N) is 1. The molecular weight excluding hydrogens is 734 g/mol. The number of rotatable bonds is 21. The number of amides is 5. The van der Waals surface area contributed by atoms with Crippen LogP contribution in [-0.4, -0.2) is 120 Å². The summed E-state index contributed by atoms with van der Waals surface area (Å²) < 4.78 is 0. The molecule has 0 saturated carbocycles. The smallest absolute Gasteiger partial charge is 0.322 e. The number of phenolic OH excluding ortho intramolecular Hbond substituents is 1. The van der Waals surface area contributed by atoms with E-state index in [1.807, 2.05) is 0 Å². The largest absolute Gasteiger partial charge is 0.508 e. The quantitative estimate of drug-likeness (QED) is 0.0434. The fourth-order valence-corrected chi connectivity index (χ4v) is 5.62. The fraction of sp³-hybridized carbons (Fsp3) is 0.333. The minimum Gasteiger partial charge on any atom is -0.508 e. The number of carboxylic acids is 2. The highest BCUT2D eigenvalue weighted by Gasteiger charge is 2.33. The van der Waals surface area contributed by atoms with Crippen LogP contribution in [-0.2, 0) is 52.8 Å². The lowest BCUT2D eigenvalue weighted by Crippen LogP contribution is -2.60. The molecule has 20 nitrogen and oxygen atoms in total. The van der Waals surface area contributed by atoms with E-state index in [0.29, 0.717) is 22.2 Å². The van der Waals surface area contributed by atoms with E-state index in [-0.39, 0.29) is 31.4 Å². The monoisotopic (exact) mass is 777 g/mol. The number of aliphatic hydroxyl groups excluding tert-OH is 1. The lowest BCUT2D eigenvalue weighted by molar-refractivity contribution is -0.139. The molecule has 56 heavy (non-hydrogen) atoms. The Balaban J connectivity index is 1.57. The van der Waals surface area contributed by atoms with Crippen molar-refractivity contribution in [3.05, 3.63) is 84.1 Å².